The number of amides is 3. The number of esters is 1. The van der Waals surface area contributed by atoms with E-state index in [0.717, 1.165) is 43.4 Å². The van der Waals surface area contributed by atoms with Crippen molar-refractivity contribution in [3.63, 3.8) is 0 Å². The standard InChI is InChI=1S/C25H31N3O7/c1-16-20(17(2)35-28-16)14-33-21-11-9-18(13-22(21)32-3)10-12-24(30)34-15-23(29)27-25(31)26-19-7-5-4-6-8-19/h9-13,19H,4-8,14-15H2,1-3H3,(H2,26,27,29,31)/b12-10+. The van der Waals surface area contributed by atoms with Crippen molar-refractivity contribution in [3.05, 3.63) is 46.9 Å². The molecule has 3 amide bonds. The van der Waals surface area contributed by atoms with E-state index >= 15 is 0 Å². The number of aromatic nitrogens is 1. The molecular formula is C25H31N3O7. The predicted molar refractivity (Wildman–Crippen MR) is 127 cm³/mol. The van der Waals surface area contributed by atoms with E-state index < -0.39 is 24.5 Å². The second-order valence-corrected chi connectivity index (χ2v) is 8.30. The molecule has 1 aliphatic rings. The van der Waals surface area contributed by atoms with Gasteiger partial charge in [-0.25, -0.2) is 9.59 Å². The number of hydrogen-bond donors (Lipinski definition) is 2. The van der Waals surface area contributed by atoms with Gasteiger partial charge in [0.25, 0.3) is 5.91 Å². The number of carbonyl (C=O) groups excluding carboxylic acids is 3. The lowest BCUT2D eigenvalue weighted by Crippen LogP contribution is -2.46. The van der Waals surface area contributed by atoms with Gasteiger partial charge < -0.3 is 24.1 Å². The Kier molecular flexibility index (Phi) is 9.28. The van der Waals surface area contributed by atoms with Crippen LogP contribution in [0.25, 0.3) is 6.08 Å². The molecule has 0 atom stereocenters. The van der Waals surface area contributed by atoms with Gasteiger partial charge in [-0.1, -0.05) is 30.5 Å². The van der Waals surface area contributed by atoms with Crippen molar-refractivity contribution in [2.75, 3.05) is 13.7 Å². The zero-order valence-corrected chi connectivity index (χ0v) is 20.2. The quantitative estimate of drug-likeness (QED) is 0.407. The van der Waals surface area contributed by atoms with E-state index in [0.29, 0.717) is 22.8 Å². The molecule has 1 heterocycles. The van der Waals surface area contributed by atoms with Crippen LogP contribution in [-0.4, -0.2) is 42.8 Å². The summed E-state index contributed by atoms with van der Waals surface area (Å²) in [7, 11) is 1.52. The fourth-order valence-corrected chi connectivity index (χ4v) is 3.75. The third kappa shape index (κ3) is 7.87. The second-order valence-electron chi connectivity index (χ2n) is 8.30. The Hall–Kier alpha value is -3.82. The van der Waals surface area contributed by atoms with E-state index in [-0.39, 0.29) is 12.6 Å². The second kappa shape index (κ2) is 12.6. The van der Waals surface area contributed by atoms with E-state index in [4.69, 9.17) is 18.7 Å². The molecule has 10 nitrogen and oxygen atoms in total. The first-order chi connectivity index (χ1) is 16.9. The molecule has 1 fully saturated rings. The maximum absolute atomic E-state index is 12.0. The third-order valence-electron chi connectivity index (χ3n) is 5.69. The molecule has 0 saturated heterocycles. The average molecular weight is 486 g/mol. The Balaban J connectivity index is 1.45. The highest BCUT2D eigenvalue weighted by atomic mass is 16.5. The number of methoxy groups -OCH3 is 1. The number of carbonyl (C=O) groups is 3. The summed E-state index contributed by atoms with van der Waals surface area (Å²) in [6, 6.07) is 4.68. The molecule has 1 aromatic heterocycles. The highest BCUT2D eigenvalue weighted by Crippen LogP contribution is 2.30. The molecule has 2 aromatic rings. The van der Waals surface area contributed by atoms with Gasteiger partial charge in [0.2, 0.25) is 0 Å². The van der Waals surface area contributed by atoms with Crippen molar-refractivity contribution in [2.45, 2.75) is 58.6 Å². The van der Waals surface area contributed by atoms with Crippen LogP contribution in [0.4, 0.5) is 4.79 Å². The van der Waals surface area contributed by atoms with Crippen molar-refractivity contribution < 1.29 is 33.1 Å². The number of nitrogens with one attached hydrogen (secondary N) is 2. The summed E-state index contributed by atoms with van der Waals surface area (Å²) < 4.78 is 21.3. The Morgan fingerprint density at radius 2 is 1.91 bits per heavy atom. The van der Waals surface area contributed by atoms with Gasteiger partial charge in [-0.15, -0.1) is 0 Å². The van der Waals surface area contributed by atoms with Crippen LogP contribution in [0.5, 0.6) is 11.5 Å². The van der Waals surface area contributed by atoms with Gasteiger partial charge >= 0.3 is 12.0 Å². The third-order valence-corrected chi connectivity index (χ3v) is 5.69. The predicted octanol–water partition coefficient (Wildman–Crippen LogP) is 3.59. The van der Waals surface area contributed by atoms with E-state index in [2.05, 4.69) is 15.8 Å². The summed E-state index contributed by atoms with van der Waals surface area (Å²) >= 11 is 0. The minimum absolute atomic E-state index is 0.0757. The molecule has 188 valence electrons. The van der Waals surface area contributed by atoms with Crippen molar-refractivity contribution in [1.29, 1.82) is 0 Å². The summed E-state index contributed by atoms with van der Waals surface area (Å²) in [5.74, 6) is 0.288. The normalized spacial score (nSPS) is 13.9. The summed E-state index contributed by atoms with van der Waals surface area (Å²) in [4.78, 5) is 35.7. The van der Waals surface area contributed by atoms with Crippen LogP contribution in [0.2, 0.25) is 0 Å². The lowest BCUT2D eigenvalue weighted by molar-refractivity contribution is -0.143. The van der Waals surface area contributed by atoms with Gasteiger partial charge in [0.1, 0.15) is 12.4 Å². The molecule has 1 aliphatic carbocycles. The summed E-state index contributed by atoms with van der Waals surface area (Å²) in [5, 5.41) is 8.85. The summed E-state index contributed by atoms with van der Waals surface area (Å²) in [5.41, 5.74) is 2.30. The molecule has 0 bridgehead atoms. The zero-order valence-electron chi connectivity index (χ0n) is 20.2. The molecule has 2 N–H and O–H groups in total. The number of benzene rings is 1. The van der Waals surface area contributed by atoms with Crippen molar-refractivity contribution in [1.82, 2.24) is 15.8 Å². The van der Waals surface area contributed by atoms with Gasteiger partial charge in [0.15, 0.2) is 18.1 Å². The smallest absolute Gasteiger partial charge is 0.331 e. The molecule has 1 saturated carbocycles. The first-order valence-electron chi connectivity index (χ1n) is 11.5. The minimum Gasteiger partial charge on any atom is -0.493 e. The number of imide groups is 1. The van der Waals surface area contributed by atoms with Gasteiger partial charge in [-0.05, 0) is 50.5 Å². The fraction of sp³-hybridized carbons (Fsp3) is 0.440. The first-order valence-corrected chi connectivity index (χ1v) is 11.5. The van der Waals surface area contributed by atoms with Gasteiger partial charge in [-0.3, -0.25) is 10.1 Å². The molecule has 0 unspecified atom stereocenters. The number of hydrogen-bond acceptors (Lipinski definition) is 8. The van der Waals surface area contributed by atoms with Crippen LogP contribution in [0.15, 0.2) is 28.8 Å². The van der Waals surface area contributed by atoms with Gasteiger partial charge in [0, 0.05) is 12.1 Å². The zero-order chi connectivity index (χ0) is 25.2. The molecular weight excluding hydrogens is 454 g/mol. The summed E-state index contributed by atoms with van der Waals surface area (Å²) in [6.07, 6.45) is 7.81. The van der Waals surface area contributed by atoms with Crippen molar-refractivity contribution >= 4 is 24.0 Å². The van der Waals surface area contributed by atoms with Crippen molar-refractivity contribution in [2.24, 2.45) is 0 Å². The monoisotopic (exact) mass is 485 g/mol. The molecule has 3 rings (SSSR count). The topological polar surface area (TPSA) is 129 Å². The average Bonchev–Trinajstić information content (AvgIpc) is 3.17. The van der Waals surface area contributed by atoms with E-state index in [1.807, 2.05) is 13.8 Å². The van der Waals surface area contributed by atoms with Crippen LogP contribution < -0.4 is 20.1 Å². The number of urea groups is 1. The minimum atomic E-state index is -0.717. The van der Waals surface area contributed by atoms with Crippen LogP contribution in [0.1, 0.15) is 54.7 Å². The number of ether oxygens (including phenoxy) is 3. The maximum Gasteiger partial charge on any atom is 0.331 e. The first kappa shape index (κ1) is 25.8. The molecule has 0 aliphatic heterocycles. The van der Waals surface area contributed by atoms with Crippen LogP contribution in [-0.2, 0) is 20.9 Å². The molecule has 10 heteroatoms. The van der Waals surface area contributed by atoms with Crippen molar-refractivity contribution in [3.8, 4) is 11.5 Å². The van der Waals surface area contributed by atoms with E-state index in [1.165, 1.54) is 19.3 Å². The van der Waals surface area contributed by atoms with Crippen LogP contribution in [0, 0.1) is 13.8 Å². The molecule has 0 spiro atoms. The Morgan fingerprint density at radius 3 is 2.60 bits per heavy atom. The largest absolute Gasteiger partial charge is 0.493 e. The Bertz CT molecular complexity index is 1050. The Labute approximate surface area is 204 Å². The molecule has 0 radical (unpaired) electrons. The summed E-state index contributed by atoms with van der Waals surface area (Å²) in [6.45, 7) is 3.38. The number of nitrogens with zero attached hydrogens (tertiary/aromatic N) is 1. The lowest BCUT2D eigenvalue weighted by atomic mass is 9.96. The fourth-order valence-electron chi connectivity index (χ4n) is 3.75. The van der Waals surface area contributed by atoms with Gasteiger partial charge in [0.05, 0.1) is 18.4 Å². The number of aryl methyl sites for hydroxylation is 2. The van der Waals surface area contributed by atoms with E-state index in [9.17, 15) is 14.4 Å². The highest BCUT2D eigenvalue weighted by molar-refractivity contribution is 5.96. The van der Waals surface area contributed by atoms with Gasteiger partial charge in [-0.2, -0.15) is 0 Å². The van der Waals surface area contributed by atoms with E-state index in [1.54, 1.807) is 18.2 Å². The molecule has 1 aromatic carbocycles. The lowest BCUT2D eigenvalue weighted by Gasteiger charge is -2.22. The SMILES string of the molecule is COc1cc(/C=C/C(=O)OCC(=O)NC(=O)NC2CCCCC2)ccc1OCc1c(C)noc1C. The van der Waals surface area contributed by atoms with Crippen LogP contribution >= 0.6 is 0 Å². The number of rotatable bonds is 9. The highest BCUT2D eigenvalue weighted by Gasteiger charge is 2.17. The maximum atomic E-state index is 12.0. The molecule has 35 heavy (non-hydrogen) atoms. The Morgan fingerprint density at radius 1 is 1.14 bits per heavy atom. The van der Waals surface area contributed by atoms with Crippen LogP contribution in [0.3, 0.4) is 0 Å².